The largest absolute Gasteiger partial charge is 0.345 e. The van der Waals surface area contributed by atoms with E-state index in [1.54, 1.807) is 0 Å². The summed E-state index contributed by atoms with van der Waals surface area (Å²) in [5, 5.41) is 36.5. The molecule has 75 heavy (non-hydrogen) atoms. The molecule has 0 spiro atoms. The van der Waals surface area contributed by atoms with Gasteiger partial charge in [-0.05, 0) is 163 Å². The fourth-order valence-corrected chi connectivity index (χ4v) is 13.4. The van der Waals surface area contributed by atoms with E-state index in [0.717, 1.165) is 105 Å². The van der Waals surface area contributed by atoms with Gasteiger partial charge in [0.25, 0.3) is 0 Å². The summed E-state index contributed by atoms with van der Waals surface area (Å²) in [6.45, 7) is 1.05. The van der Waals surface area contributed by atoms with Gasteiger partial charge in [0.1, 0.15) is 6.07 Å². The van der Waals surface area contributed by atoms with Crippen LogP contribution in [0.1, 0.15) is 87.7 Å². The standard InChI is InChI=1S/C69H58N6/c70-43-61-67(55-19-13-46(14-20-55)49-25-31-58(32-26-49)73-40-37-52-7-1-4-10-64(52)73)62(44-71)69(57-23-17-48(18-24-57)51-29-35-60(36-30-51)75-42-39-54-9-3-6-12-66(54)75)63(45-72)68(61)56-21-15-47(16-22-56)50-27-33-59(34-28-50)74-41-38-53-8-2-5-11-65(53)74/h1-5,7-11,13-15,17,19-21,23,25,27,29,31-33,35-38,40-41,49,51,63,68H,6,12,16,18,22,24,26,28,30,34,39,42H2. The lowest BCUT2D eigenvalue weighted by Gasteiger charge is -2.36. The van der Waals surface area contributed by atoms with Gasteiger partial charge in [-0.15, -0.1) is 0 Å². The van der Waals surface area contributed by atoms with Gasteiger partial charge in [-0.2, -0.15) is 15.8 Å². The molecule has 0 amide bonds. The molecule has 0 N–H and O–H groups in total. The summed E-state index contributed by atoms with van der Waals surface area (Å²) in [7, 11) is 0. The topological polar surface area (TPSA) is 84.5 Å². The van der Waals surface area contributed by atoms with E-state index < -0.39 is 11.8 Å². The monoisotopic (exact) mass is 970 g/mol. The lowest BCUT2D eigenvalue weighted by molar-refractivity contribution is 0.456. The van der Waals surface area contributed by atoms with Crippen molar-refractivity contribution in [2.45, 2.75) is 76.5 Å². The van der Waals surface area contributed by atoms with Crippen molar-refractivity contribution in [1.29, 1.82) is 15.8 Å². The van der Waals surface area contributed by atoms with Crippen LogP contribution in [0.25, 0.3) is 38.8 Å². The van der Waals surface area contributed by atoms with Gasteiger partial charge >= 0.3 is 0 Å². The normalized spacial score (nSPS) is 23.6. The Bertz CT molecular complexity index is 3820. The van der Waals surface area contributed by atoms with Gasteiger partial charge in [0.05, 0.1) is 34.7 Å². The van der Waals surface area contributed by atoms with Gasteiger partial charge in [0.15, 0.2) is 0 Å². The molecule has 7 aliphatic carbocycles. The van der Waals surface area contributed by atoms with Crippen LogP contribution in [0.3, 0.4) is 0 Å². The SMILES string of the molecule is N#CC1=C(C2=CC=C(C3C=CC(N4CCC5=C4CCC=C5)=CC3)CC2)C(C#N)C(C2=CC=C(C3=CC=C(n4ccc5ccccc54)CC3)CC2)C(C#N)=C1c1ccc(C2C=CC(n3ccc4ccccc43)=CC2)cc1. The molecular formula is C69H58N6. The maximum atomic E-state index is 11.4. The van der Waals surface area contributed by atoms with Crippen LogP contribution in [-0.2, 0) is 0 Å². The number of fused-ring (bicyclic) bond motifs is 2. The Morgan fingerprint density at radius 3 is 1.88 bits per heavy atom. The number of hydrogen-bond donors (Lipinski definition) is 0. The molecule has 4 atom stereocenters. The van der Waals surface area contributed by atoms with Crippen LogP contribution >= 0.6 is 0 Å². The highest BCUT2D eigenvalue weighted by Gasteiger charge is 2.42. The molecule has 0 radical (unpaired) electrons. The van der Waals surface area contributed by atoms with E-state index in [1.165, 1.54) is 66.8 Å². The quantitative estimate of drug-likeness (QED) is 0.147. The van der Waals surface area contributed by atoms with Crippen molar-refractivity contribution in [3.63, 3.8) is 0 Å². The third-order valence-electron chi connectivity index (χ3n) is 17.3. The summed E-state index contributed by atoms with van der Waals surface area (Å²) in [6.07, 6.45) is 46.6. The predicted molar refractivity (Wildman–Crippen MR) is 303 cm³/mol. The minimum atomic E-state index is -0.685. The smallest absolute Gasteiger partial charge is 0.100 e. The predicted octanol–water partition coefficient (Wildman–Crippen LogP) is 16.4. The second-order valence-electron chi connectivity index (χ2n) is 21.2. The molecule has 4 unspecified atom stereocenters. The molecule has 3 aromatic carbocycles. The van der Waals surface area contributed by atoms with E-state index in [2.05, 4.69) is 215 Å². The van der Waals surface area contributed by atoms with Crippen LogP contribution in [0, 0.1) is 51.7 Å². The van der Waals surface area contributed by atoms with Gasteiger partial charge in [0.2, 0.25) is 0 Å². The van der Waals surface area contributed by atoms with Crippen molar-refractivity contribution < 1.29 is 0 Å². The Kier molecular flexibility index (Phi) is 12.1. The lowest BCUT2D eigenvalue weighted by Crippen LogP contribution is -2.28. The first-order valence-corrected chi connectivity index (χ1v) is 27.1. The first-order valence-electron chi connectivity index (χ1n) is 27.1. The lowest BCUT2D eigenvalue weighted by atomic mass is 9.64. The number of allylic oxidation sites excluding steroid dienone is 26. The molecule has 3 heterocycles. The van der Waals surface area contributed by atoms with E-state index in [9.17, 15) is 15.8 Å². The third kappa shape index (κ3) is 8.34. The van der Waals surface area contributed by atoms with Crippen molar-refractivity contribution in [3.8, 4) is 18.2 Å². The molecule has 6 heteroatoms. The number of benzene rings is 3. The highest BCUT2D eigenvalue weighted by molar-refractivity contribution is 5.92. The fraction of sp³-hybridized carbons (Fsp3) is 0.232. The maximum absolute atomic E-state index is 11.4. The second kappa shape index (κ2) is 19.7. The molecular weight excluding hydrogens is 913 g/mol. The fourth-order valence-electron chi connectivity index (χ4n) is 13.4. The molecule has 0 fully saturated rings. The number of hydrogen-bond acceptors (Lipinski definition) is 4. The van der Waals surface area contributed by atoms with Crippen molar-refractivity contribution in [2.75, 3.05) is 6.54 Å². The third-order valence-corrected chi connectivity index (χ3v) is 17.3. The first kappa shape index (κ1) is 46.2. The molecule has 364 valence electrons. The first-order chi connectivity index (χ1) is 37.0. The average Bonchev–Trinajstić information content (AvgIpc) is 4.25. The molecule has 2 aromatic heterocycles. The van der Waals surface area contributed by atoms with E-state index in [4.69, 9.17) is 0 Å². The van der Waals surface area contributed by atoms with Gasteiger partial charge in [-0.25, -0.2) is 0 Å². The van der Waals surface area contributed by atoms with Crippen molar-refractivity contribution >= 4 is 38.8 Å². The Morgan fingerprint density at radius 1 is 0.547 bits per heavy atom. The summed E-state index contributed by atoms with van der Waals surface area (Å²) < 4.78 is 4.56. The molecule has 0 saturated heterocycles. The second-order valence-corrected chi connectivity index (χ2v) is 21.2. The molecule has 1 aliphatic heterocycles. The van der Waals surface area contributed by atoms with Crippen molar-refractivity contribution in [2.24, 2.45) is 17.8 Å². The van der Waals surface area contributed by atoms with Crippen LogP contribution in [0.2, 0.25) is 0 Å². The van der Waals surface area contributed by atoms with E-state index in [0.29, 0.717) is 22.6 Å². The number of nitrogens with zero attached hydrogens (tertiary/aromatic N) is 6. The summed E-state index contributed by atoms with van der Waals surface area (Å²) in [4.78, 5) is 2.53. The molecule has 5 aromatic rings. The zero-order valence-electron chi connectivity index (χ0n) is 42.3. The van der Waals surface area contributed by atoms with Crippen molar-refractivity contribution in [1.82, 2.24) is 14.0 Å². The molecule has 0 bridgehead atoms. The zero-order valence-corrected chi connectivity index (χ0v) is 42.3. The summed E-state index contributed by atoms with van der Waals surface area (Å²) in [5.74, 6) is -0.673. The van der Waals surface area contributed by atoms with Crippen LogP contribution in [0.4, 0.5) is 0 Å². The van der Waals surface area contributed by atoms with E-state index in [-0.39, 0.29) is 5.92 Å². The van der Waals surface area contributed by atoms with Gasteiger partial charge in [-0.1, -0.05) is 139 Å². The van der Waals surface area contributed by atoms with E-state index >= 15 is 0 Å². The Labute approximate surface area is 440 Å². The highest BCUT2D eigenvalue weighted by Crippen LogP contribution is 2.52. The Morgan fingerprint density at radius 2 is 1.21 bits per heavy atom. The van der Waals surface area contributed by atoms with Gasteiger partial charge in [-0.3, -0.25) is 0 Å². The molecule has 0 saturated carbocycles. The van der Waals surface area contributed by atoms with E-state index in [1.807, 2.05) is 0 Å². The number of para-hydroxylation sites is 2. The zero-order chi connectivity index (χ0) is 50.4. The highest BCUT2D eigenvalue weighted by atomic mass is 15.2. The van der Waals surface area contributed by atoms with Crippen LogP contribution < -0.4 is 0 Å². The maximum Gasteiger partial charge on any atom is 0.100 e. The molecule has 6 nitrogen and oxygen atoms in total. The molecule has 8 aliphatic rings. The number of rotatable bonds is 9. The number of nitriles is 3. The molecule has 13 rings (SSSR count). The Balaban J connectivity index is 0.825. The van der Waals surface area contributed by atoms with Crippen LogP contribution in [-0.4, -0.2) is 20.6 Å². The number of aromatic nitrogens is 2. The minimum Gasteiger partial charge on any atom is -0.345 e. The summed E-state index contributed by atoms with van der Waals surface area (Å²) >= 11 is 0. The van der Waals surface area contributed by atoms with Crippen LogP contribution in [0.15, 0.2) is 244 Å². The minimum absolute atomic E-state index is 0.190. The van der Waals surface area contributed by atoms with Gasteiger partial charge < -0.3 is 14.0 Å². The van der Waals surface area contributed by atoms with Crippen molar-refractivity contribution in [3.05, 3.63) is 255 Å². The average molecular weight is 971 g/mol. The van der Waals surface area contributed by atoms with Gasteiger partial charge in [0, 0.05) is 70.6 Å². The van der Waals surface area contributed by atoms with Crippen LogP contribution in [0.5, 0.6) is 0 Å². The Hall–Kier alpha value is -8.63. The summed E-state index contributed by atoms with van der Waals surface area (Å²) in [6, 6.07) is 37.9. The summed E-state index contributed by atoms with van der Waals surface area (Å²) in [5.41, 5.74) is 19.7.